The summed E-state index contributed by atoms with van der Waals surface area (Å²) in [5.41, 5.74) is 0.687. The SMILES string of the molecule is COCC(=O)N1CCN(S(=O)(=O)c2ccccc2)C[C@@H]1C(=O)N[C@H](Cc1cccnc1)C(=O)OC. The van der Waals surface area contributed by atoms with E-state index in [4.69, 9.17) is 9.47 Å². The van der Waals surface area contributed by atoms with Crippen LogP contribution >= 0.6 is 0 Å². The molecule has 1 saturated heterocycles. The van der Waals surface area contributed by atoms with E-state index in [0.717, 1.165) is 4.31 Å². The minimum absolute atomic E-state index is 0.00652. The summed E-state index contributed by atoms with van der Waals surface area (Å²) in [4.78, 5) is 43.8. The standard InChI is InChI=1S/C23H28N4O7S/c1-33-16-21(28)27-12-11-26(35(31,32)18-8-4-3-5-9-18)15-20(27)22(29)25-19(23(30)34-2)13-17-7-6-10-24-14-17/h3-10,14,19-20H,11-13,15-16H2,1-2H3,(H,25,29)/t19-,20-/m1/s1. The Balaban J connectivity index is 1.85. The lowest BCUT2D eigenvalue weighted by Gasteiger charge is -2.40. The van der Waals surface area contributed by atoms with E-state index in [2.05, 4.69) is 10.3 Å². The van der Waals surface area contributed by atoms with Gasteiger partial charge in [-0.2, -0.15) is 4.31 Å². The number of carbonyl (C=O) groups excluding carboxylic acids is 3. The molecule has 2 atom stereocenters. The molecule has 0 bridgehead atoms. The first-order valence-corrected chi connectivity index (χ1v) is 12.3. The van der Waals surface area contributed by atoms with Crippen LogP contribution in [-0.4, -0.2) is 92.9 Å². The van der Waals surface area contributed by atoms with E-state index in [1.54, 1.807) is 42.7 Å². The number of carbonyl (C=O) groups is 3. The second-order valence-corrected chi connectivity index (χ2v) is 9.80. The quantitative estimate of drug-likeness (QED) is 0.465. The number of methoxy groups -OCH3 is 2. The lowest BCUT2D eigenvalue weighted by molar-refractivity contribution is -0.149. The maximum atomic E-state index is 13.4. The lowest BCUT2D eigenvalue weighted by atomic mass is 10.1. The molecule has 11 nitrogen and oxygen atoms in total. The highest BCUT2D eigenvalue weighted by molar-refractivity contribution is 7.89. The van der Waals surface area contributed by atoms with Gasteiger partial charge in [0.25, 0.3) is 0 Å². The van der Waals surface area contributed by atoms with Crippen LogP contribution in [0.2, 0.25) is 0 Å². The van der Waals surface area contributed by atoms with E-state index in [1.165, 1.54) is 31.3 Å². The van der Waals surface area contributed by atoms with Crippen molar-refractivity contribution in [2.24, 2.45) is 0 Å². The Bertz CT molecular complexity index is 1130. The molecule has 0 radical (unpaired) electrons. The van der Waals surface area contributed by atoms with Gasteiger partial charge in [-0.25, -0.2) is 13.2 Å². The molecule has 1 fully saturated rings. The van der Waals surface area contributed by atoms with Crippen LogP contribution in [0.1, 0.15) is 5.56 Å². The summed E-state index contributed by atoms with van der Waals surface area (Å²) in [5.74, 6) is -1.82. The van der Waals surface area contributed by atoms with Gasteiger partial charge in [-0.1, -0.05) is 24.3 Å². The number of nitrogens with one attached hydrogen (secondary N) is 1. The van der Waals surface area contributed by atoms with Gasteiger partial charge in [0.2, 0.25) is 21.8 Å². The van der Waals surface area contributed by atoms with Gasteiger partial charge in [-0.15, -0.1) is 0 Å². The average molecular weight is 505 g/mol. The van der Waals surface area contributed by atoms with Crippen molar-refractivity contribution in [1.82, 2.24) is 19.5 Å². The Morgan fingerprint density at radius 2 is 1.86 bits per heavy atom. The molecule has 1 aliphatic heterocycles. The number of amides is 2. The fourth-order valence-electron chi connectivity index (χ4n) is 3.81. The number of piperazine rings is 1. The van der Waals surface area contributed by atoms with Crippen LogP contribution in [0.15, 0.2) is 59.8 Å². The van der Waals surface area contributed by atoms with Gasteiger partial charge in [0.05, 0.1) is 12.0 Å². The topological polar surface area (TPSA) is 135 Å². The fraction of sp³-hybridized carbons (Fsp3) is 0.391. The molecule has 0 saturated carbocycles. The summed E-state index contributed by atoms with van der Waals surface area (Å²) >= 11 is 0. The van der Waals surface area contributed by atoms with Crippen LogP contribution in [0, 0.1) is 0 Å². The third kappa shape index (κ3) is 6.41. The predicted octanol–water partition coefficient (Wildman–Crippen LogP) is -0.170. The zero-order chi connectivity index (χ0) is 25.4. The average Bonchev–Trinajstić information content (AvgIpc) is 2.88. The molecule has 1 aromatic heterocycles. The smallest absolute Gasteiger partial charge is 0.328 e. The Kier molecular flexibility index (Phi) is 8.90. The van der Waals surface area contributed by atoms with Crippen LogP contribution in [-0.2, 0) is 40.3 Å². The number of rotatable bonds is 9. The van der Waals surface area contributed by atoms with Gasteiger partial charge in [0.1, 0.15) is 18.7 Å². The van der Waals surface area contributed by atoms with Gasteiger partial charge in [0.15, 0.2) is 0 Å². The molecular weight excluding hydrogens is 476 g/mol. The third-order valence-electron chi connectivity index (χ3n) is 5.58. The lowest BCUT2D eigenvalue weighted by Crippen LogP contribution is -2.63. The Morgan fingerprint density at radius 3 is 2.49 bits per heavy atom. The number of ether oxygens (including phenoxy) is 2. The Hall–Kier alpha value is -3.35. The molecule has 35 heavy (non-hydrogen) atoms. The van der Waals surface area contributed by atoms with E-state index in [9.17, 15) is 22.8 Å². The minimum Gasteiger partial charge on any atom is -0.467 e. The van der Waals surface area contributed by atoms with E-state index in [1.807, 2.05) is 0 Å². The van der Waals surface area contributed by atoms with Crippen LogP contribution in [0.25, 0.3) is 0 Å². The predicted molar refractivity (Wildman–Crippen MR) is 124 cm³/mol. The van der Waals surface area contributed by atoms with Crippen LogP contribution in [0.5, 0.6) is 0 Å². The van der Waals surface area contributed by atoms with Gasteiger partial charge >= 0.3 is 5.97 Å². The van der Waals surface area contributed by atoms with Gasteiger partial charge < -0.3 is 19.7 Å². The largest absolute Gasteiger partial charge is 0.467 e. The molecule has 1 aliphatic rings. The molecule has 1 aromatic carbocycles. The summed E-state index contributed by atoms with van der Waals surface area (Å²) < 4.78 is 37.3. The molecule has 3 rings (SSSR count). The molecule has 0 aliphatic carbocycles. The minimum atomic E-state index is -3.90. The molecule has 0 unspecified atom stereocenters. The number of sulfonamides is 1. The van der Waals surface area contributed by atoms with Crippen LogP contribution < -0.4 is 5.32 Å². The molecule has 12 heteroatoms. The number of hydrogen-bond acceptors (Lipinski definition) is 8. The van der Waals surface area contributed by atoms with Gasteiger partial charge in [-0.3, -0.25) is 14.6 Å². The van der Waals surface area contributed by atoms with E-state index >= 15 is 0 Å². The molecule has 188 valence electrons. The zero-order valence-corrected chi connectivity index (χ0v) is 20.3. The number of esters is 1. The number of nitrogens with zero attached hydrogens (tertiary/aromatic N) is 3. The molecule has 2 heterocycles. The van der Waals surface area contributed by atoms with E-state index in [0.29, 0.717) is 5.56 Å². The molecule has 2 aromatic rings. The fourth-order valence-corrected chi connectivity index (χ4v) is 5.26. The second-order valence-electron chi connectivity index (χ2n) is 7.86. The van der Waals surface area contributed by atoms with Gasteiger partial charge in [-0.05, 0) is 23.8 Å². The summed E-state index contributed by atoms with van der Waals surface area (Å²) in [5, 5.41) is 2.63. The van der Waals surface area contributed by atoms with Crippen LogP contribution in [0.3, 0.4) is 0 Å². The third-order valence-corrected chi connectivity index (χ3v) is 7.46. The van der Waals surface area contributed by atoms with Crippen molar-refractivity contribution in [3.05, 3.63) is 60.4 Å². The number of aromatic nitrogens is 1. The van der Waals surface area contributed by atoms with Crippen LogP contribution in [0.4, 0.5) is 0 Å². The van der Waals surface area contributed by atoms with Gasteiger partial charge in [0, 0.05) is 45.6 Å². The van der Waals surface area contributed by atoms with Crippen molar-refractivity contribution in [1.29, 1.82) is 0 Å². The number of hydrogen-bond donors (Lipinski definition) is 1. The summed E-state index contributed by atoms with van der Waals surface area (Å²) in [6.45, 7) is -0.560. The molecule has 2 amide bonds. The highest BCUT2D eigenvalue weighted by atomic mass is 32.2. The highest BCUT2D eigenvalue weighted by Crippen LogP contribution is 2.21. The first-order valence-electron chi connectivity index (χ1n) is 10.9. The highest BCUT2D eigenvalue weighted by Gasteiger charge is 2.40. The Morgan fingerprint density at radius 1 is 1.11 bits per heavy atom. The van der Waals surface area contributed by atoms with Crippen molar-refractivity contribution >= 4 is 27.8 Å². The van der Waals surface area contributed by atoms with Crippen molar-refractivity contribution in [2.45, 2.75) is 23.4 Å². The molecule has 1 N–H and O–H groups in total. The summed E-state index contributed by atoms with van der Waals surface area (Å²) in [6, 6.07) is 9.06. The van der Waals surface area contributed by atoms with Crippen molar-refractivity contribution < 1.29 is 32.3 Å². The summed E-state index contributed by atoms with van der Waals surface area (Å²) in [6.07, 6.45) is 3.25. The monoisotopic (exact) mass is 504 g/mol. The molecular formula is C23H28N4O7S. The zero-order valence-electron chi connectivity index (χ0n) is 19.5. The normalized spacial score (nSPS) is 17.4. The number of pyridine rings is 1. The van der Waals surface area contributed by atoms with E-state index < -0.39 is 39.9 Å². The number of benzene rings is 1. The summed E-state index contributed by atoms with van der Waals surface area (Å²) in [7, 11) is -1.35. The maximum Gasteiger partial charge on any atom is 0.328 e. The Labute approximate surface area is 204 Å². The van der Waals surface area contributed by atoms with E-state index in [-0.39, 0.29) is 37.6 Å². The van der Waals surface area contributed by atoms with Crippen molar-refractivity contribution in [3.8, 4) is 0 Å². The first-order chi connectivity index (χ1) is 16.8. The maximum absolute atomic E-state index is 13.4. The molecule has 0 spiro atoms. The van der Waals surface area contributed by atoms with Crippen molar-refractivity contribution in [3.63, 3.8) is 0 Å². The van der Waals surface area contributed by atoms with Crippen molar-refractivity contribution in [2.75, 3.05) is 40.5 Å². The second kappa shape index (κ2) is 11.9. The first kappa shape index (κ1) is 26.3.